The lowest BCUT2D eigenvalue weighted by atomic mass is 10.0. The van der Waals surface area contributed by atoms with Gasteiger partial charge in [-0.2, -0.15) is 13.2 Å². The van der Waals surface area contributed by atoms with Crippen LogP contribution in [-0.2, 0) is 6.18 Å². The van der Waals surface area contributed by atoms with Crippen LogP contribution < -0.4 is 5.32 Å². The number of halogens is 3. The zero-order chi connectivity index (χ0) is 18.7. The normalized spacial score (nSPS) is 11.2. The van der Waals surface area contributed by atoms with Gasteiger partial charge in [-0.25, -0.2) is 0 Å². The van der Waals surface area contributed by atoms with Crippen molar-refractivity contribution in [1.82, 2.24) is 4.98 Å². The Morgan fingerprint density at radius 1 is 0.962 bits per heavy atom. The van der Waals surface area contributed by atoms with E-state index >= 15 is 0 Å². The summed E-state index contributed by atoms with van der Waals surface area (Å²) in [5.74, 6) is -0.436. The molecule has 0 aliphatic heterocycles. The Hall–Kier alpha value is -3.15. The van der Waals surface area contributed by atoms with Gasteiger partial charge in [0.25, 0.3) is 5.91 Å². The summed E-state index contributed by atoms with van der Waals surface area (Å²) in [5.41, 5.74) is 2.63. The van der Waals surface area contributed by atoms with E-state index in [9.17, 15) is 18.0 Å². The minimum Gasteiger partial charge on any atom is -0.322 e. The molecule has 0 aliphatic rings. The maximum atomic E-state index is 12.6. The third kappa shape index (κ3) is 3.91. The zero-order valence-corrected chi connectivity index (χ0v) is 13.8. The second-order valence-corrected chi connectivity index (χ2v) is 5.78. The SMILES string of the molecule is Cc1ccccc1-c1ccc(C(=O)Nc2ccc(C(F)(F)F)cc2)cn1. The molecule has 0 aliphatic carbocycles. The topological polar surface area (TPSA) is 42.0 Å². The summed E-state index contributed by atoms with van der Waals surface area (Å²) in [6.45, 7) is 1.97. The van der Waals surface area contributed by atoms with Crippen molar-refractivity contribution < 1.29 is 18.0 Å². The zero-order valence-electron chi connectivity index (χ0n) is 13.8. The highest BCUT2D eigenvalue weighted by atomic mass is 19.4. The minimum absolute atomic E-state index is 0.283. The number of nitrogens with one attached hydrogen (secondary N) is 1. The molecular formula is C20H15F3N2O. The van der Waals surface area contributed by atoms with Crippen LogP contribution in [0.5, 0.6) is 0 Å². The van der Waals surface area contributed by atoms with Crippen LogP contribution in [0.2, 0.25) is 0 Å². The highest BCUT2D eigenvalue weighted by Gasteiger charge is 2.30. The molecule has 1 heterocycles. The molecule has 3 aromatic rings. The fourth-order valence-electron chi connectivity index (χ4n) is 2.49. The molecule has 2 aromatic carbocycles. The van der Waals surface area contributed by atoms with Gasteiger partial charge >= 0.3 is 6.18 Å². The van der Waals surface area contributed by atoms with Gasteiger partial charge < -0.3 is 5.32 Å². The Labute approximate surface area is 148 Å². The van der Waals surface area contributed by atoms with Gasteiger partial charge in [0.1, 0.15) is 0 Å². The molecule has 0 unspecified atom stereocenters. The number of pyridine rings is 1. The quantitative estimate of drug-likeness (QED) is 0.689. The number of benzene rings is 2. The lowest BCUT2D eigenvalue weighted by molar-refractivity contribution is -0.137. The van der Waals surface area contributed by atoms with Crippen molar-refractivity contribution in [3.63, 3.8) is 0 Å². The minimum atomic E-state index is -4.40. The first-order valence-corrected chi connectivity index (χ1v) is 7.85. The fourth-order valence-corrected chi connectivity index (χ4v) is 2.49. The van der Waals surface area contributed by atoms with Gasteiger partial charge in [-0.3, -0.25) is 9.78 Å². The van der Waals surface area contributed by atoms with E-state index in [0.29, 0.717) is 5.56 Å². The average molecular weight is 356 g/mol. The van der Waals surface area contributed by atoms with Crippen LogP contribution in [0.25, 0.3) is 11.3 Å². The fraction of sp³-hybridized carbons (Fsp3) is 0.100. The predicted octanol–water partition coefficient (Wildman–Crippen LogP) is 5.33. The van der Waals surface area contributed by atoms with Crippen molar-refractivity contribution in [3.8, 4) is 11.3 Å². The molecular weight excluding hydrogens is 341 g/mol. The summed E-state index contributed by atoms with van der Waals surface area (Å²) in [4.78, 5) is 16.5. The third-order valence-electron chi connectivity index (χ3n) is 3.92. The number of hydrogen-bond acceptors (Lipinski definition) is 2. The summed E-state index contributed by atoms with van der Waals surface area (Å²) in [5, 5.41) is 2.56. The van der Waals surface area contributed by atoms with Crippen LogP contribution in [0.1, 0.15) is 21.5 Å². The van der Waals surface area contributed by atoms with E-state index < -0.39 is 17.6 Å². The Morgan fingerprint density at radius 3 is 2.23 bits per heavy atom. The van der Waals surface area contributed by atoms with E-state index in [0.717, 1.165) is 29.0 Å². The first kappa shape index (κ1) is 17.7. The molecule has 0 atom stereocenters. The van der Waals surface area contributed by atoms with E-state index in [1.54, 1.807) is 12.1 Å². The van der Waals surface area contributed by atoms with Crippen molar-refractivity contribution in [2.75, 3.05) is 5.32 Å². The van der Waals surface area contributed by atoms with Crippen LogP contribution in [0.3, 0.4) is 0 Å². The van der Waals surface area contributed by atoms with Crippen LogP contribution in [0, 0.1) is 6.92 Å². The van der Waals surface area contributed by atoms with Gasteiger partial charge in [0.15, 0.2) is 0 Å². The molecule has 26 heavy (non-hydrogen) atoms. The molecule has 1 aromatic heterocycles. The third-order valence-corrected chi connectivity index (χ3v) is 3.92. The van der Waals surface area contributed by atoms with Crippen LogP contribution in [0.4, 0.5) is 18.9 Å². The molecule has 0 saturated heterocycles. The first-order valence-electron chi connectivity index (χ1n) is 7.85. The monoisotopic (exact) mass is 356 g/mol. The summed E-state index contributed by atoms with van der Waals surface area (Å²) in [7, 11) is 0. The number of hydrogen-bond donors (Lipinski definition) is 1. The van der Waals surface area contributed by atoms with Gasteiger partial charge in [-0.15, -0.1) is 0 Å². The number of anilines is 1. The molecule has 0 saturated carbocycles. The highest BCUT2D eigenvalue weighted by molar-refractivity contribution is 6.04. The summed E-state index contributed by atoms with van der Waals surface area (Å²) in [6, 6.07) is 15.4. The van der Waals surface area contributed by atoms with Crippen molar-refractivity contribution in [2.24, 2.45) is 0 Å². The number of alkyl halides is 3. The van der Waals surface area contributed by atoms with Gasteiger partial charge in [0, 0.05) is 17.4 Å². The van der Waals surface area contributed by atoms with E-state index in [1.807, 2.05) is 31.2 Å². The first-order chi connectivity index (χ1) is 12.3. The van der Waals surface area contributed by atoms with Crippen LogP contribution in [0.15, 0.2) is 66.9 Å². The maximum absolute atomic E-state index is 12.6. The summed E-state index contributed by atoms with van der Waals surface area (Å²) in [6.07, 6.45) is -2.96. The Kier molecular flexibility index (Phi) is 4.75. The number of aryl methyl sites for hydroxylation is 1. The number of carbonyl (C=O) groups is 1. The van der Waals surface area contributed by atoms with Gasteiger partial charge in [0.2, 0.25) is 0 Å². The Balaban J connectivity index is 1.73. The summed E-state index contributed by atoms with van der Waals surface area (Å²) >= 11 is 0. The smallest absolute Gasteiger partial charge is 0.322 e. The molecule has 3 rings (SSSR count). The number of nitrogens with zero attached hydrogens (tertiary/aromatic N) is 1. The molecule has 1 N–H and O–H groups in total. The highest BCUT2D eigenvalue weighted by Crippen LogP contribution is 2.30. The standard InChI is InChI=1S/C20H15F3N2O/c1-13-4-2-3-5-17(13)18-11-6-14(12-24-18)19(26)25-16-9-7-15(8-10-16)20(21,22)23/h2-12H,1H3,(H,25,26). The molecule has 1 amide bonds. The molecule has 6 heteroatoms. The number of carbonyl (C=O) groups excluding carboxylic acids is 1. The number of aromatic nitrogens is 1. The van der Waals surface area contributed by atoms with Gasteiger partial charge in [0.05, 0.1) is 16.8 Å². The molecule has 0 bridgehead atoms. The molecule has 0 radical (unpaired) electrons. The maximum Gasteiger partial charge on any atom is 0.416 e. The van der Waals surface area contributed by atoms with Crippen LogP contribution in [-0.4, -0.2) is 10.9 Å². The van der Waals surface area contributed by atoms with Crippen molar-refractivity contribution >= 4 is 11.6 Å². The molecule has 3 nitrogen and oxygen atoms in total. The van der Waals surface area contributed by atoms with E-state index in [-0.39, 0.29) is 5.69 Å². The second kappa shape index (κ2) is 7.00. The Morgan fingerprint density at radius 2 is 1.65 bits per heavy atom. The number of amides is 1. The average Bonchev–Trinajstić information content (AvgIpc) is 2.62. The van der Waals surface area contributed by atoms with Gasteiger partial charge in [-0.05, 0) is 48.9 Å². The van der Waals surface area contributed by atoms with E-state index in [4.69, 9.17) is 0 Å². The van der Waals surface area contributed by atoms with Crippen LogP contribution >= 0.6 is 0 Å². The second-order valence-electron chi connectivity index (χ2n) is 5.78. The van der Waals surface area contributed by atoms with Crippen molar-refractivity contribution in [2.45, 2.75) is 13.1 Å². The molecule has 132 valence electrons. The van der Waals surface area contributed by atoms with Gasteiger partial charge in [-0.1, -0.05) is 24.3 Å². The largest absolute Gasteiger partial charge is 0.416 e. The lowest BCUT2D eigenvalue weighted by Crippen LogP contribution is -2.12. The van der Waals surface area contributed by atoms with Crippen molar-refractivity contribution in [1.29, 1.82) is 0 Å². The van der Waals surface area contributed by atoms with Crippen molar-refractivity contribution in [3.05, 3.63) is 83.6 Å². The molecule has 0 fully saturated rings. The van der Waals surface area contributed by atoms with E-state index in [1.165, 1.54) is 18.3 Å². The van der Waals surface area contributed by atoms with E-state index in [2.05, 4.69) is 10.3 Å². The molecule has 0 spiro atoms. The number of rotatable bonds is 3. The summed E-state index contributed by atoms with van der Waals surface area (Å²) < 4.78 is 37.7. The predicted molar refractivity (Wildman–Crippen MR) is 93.8 cm³/mol. The lowest BCUT2D eigenvalue weighted by Gasteiger charge is -2.09. The Bertz CT molecular complexity index is 917.